The quantitative estimate of drug-likeness (QED) is 0.650. The molecule has 0 aliphatic carbocycles. The molecular weight excluding hydrogens is 272 g/mol. The first kappa shape index (κ1) is 13.1. The van der Waals surface area contributed by atoms with Crippen LogP contribution in [0.1, 0.15) is 15.9 Å². The van der Waals surface area contributed by atoms with E-state index in [1.165, 1.54) is 11.3 Å². The van der Waals surface area contributed by atoms with Crippen molar-refractivity contribution in [2.45, 2.75) is 6.92 Å². The highest BCUT2D eigenvalue weighted by Gasteiger charge is 2.21. The summed E-state index contributed by atoms with van der Waals surface area (Å²) in [6.45, 7) is 1.11. The number of aryl methyl sites for hydroxylation is 1. The average Bonchev–Trinajstić information content (AvgIpc) is 2.68. The van der Waals surface area contributed by atoms with Crippen LogP contribution < -0.4 is 10.9 Å². The maximum atomic E-state index is 11.7. The number of rotatable bonds is 3. The molecule has 2 heterocycles. The number of carbonyl (C=O) groups excluding carboxylic acids is 1. The number of aromatic hydroxyl groups is 1. The molecular formula is C11H10N2O5S. The summed E-state index contributed by atoms with van der Waals surface area (Å²) >= 11 is 1.24. The fraction of sp³-hybridized carbons (Fsp3) is 0.182. The van der Waals surface area contributed by atoms with E-state index in [2.05, 4.69) is 4.98 Å². The number of aromatic nitrogens is 1. The highest BCUT2D eigenvalue weighted by molar-refractivity contribution is 7.17. The van der Waals surface area contributed by atoms with Crippen LogP contribution in [0.2, 0.25) is 0 Å². The van der Waals surface area contributed by atoms with Crippen molar-refractivity contribution in [3.05, 3.63) is 26.9 Å². The van der Waals surface area contributed by atoms with Crippen molar-refractivity contribution < 1.29 is 19.8 Å². The number of pyridine rings is 1. The van der Waals surface area contributed by atoms with Crippen LogP contribution in [-0.2, 0) is 4.79 Å². The normalized spacial score (nSPS) is 10.6. The van der Waals surface area contributed by atoms with Crippen LogP contribution in [0.3, 0.4) is 0 Å². The maximum absolute atomic E-state index is 11.7. The van der Waals surface area contributed by atoms with Gasteiger partial charge in [-0.1, -0.05) is 0 Å². The predicted octanol–water partition coefficient (Wildman–Crippen LogP) is 0.418. The minimum atomic E-state index is -1.24. The second kappa shape index (κ2) is 4.73. The molecule has 0 aliphatic rings. The molecule has 2 rings (SSSR count). The summed E-state index contributed by atoms with van der Waals surface area (Å²) in [6.07, 6.45) is 0. The summed E-state index contributed by atoms with van der Waals surface area (Å²) in [5.41, 5.74) is -0.508. The van der Waals surface area contributed by atoms with Crippen LogP contribution in [0.25, 0.3) is 10.2 Å². The Kier molecular flexibility index (Phi) is 3.26. The van der Waals surface area contributed by atoms with Gasteiger partial charge in [-0.2, -0.15) is 0 Å². The molecule has 0 saturated heterocycles. The second-order valence-electron chi connectivity index (χ2n) is 3.88. The van der Waals surface area contributed by atoms with E-state index < -0.39 is 35.3 Å². The van der Waals surface area contributed by atoms with Gasteiger partial charge in [-0.3, -0.25) is 14.4 Å². The number of thiophene rings is 1. The molecule has 100 valence electrons. The van der Waals surface area contributed by atoms with Gasteiger partial charge in [-0.05, 0) is 17.9 Å². The number of carbonyl (C=O) groups is 2. The average molecular weight is 282 g/mol. The fourth-order valence-corrected chi connectivity index (χ4v) is 2.62. The van der Waals surface area contributed by atoms with E-state index in [0.717, 1.165) is 5.56 Å². The summed E-state index contributed by atoms with van der Waals surface area (Å²) in [5, 5.41) is 22.7. The Labute approximate surface area is 110 Å². The van der Waals surface area contributed by atoms with Gasteiger partial charge in [0, 0.05) is 0 Å². The SMILES string of the molecule is Cc1csc2[nH]c(=O)c(C(=O)NCC(=O)O)c(O)c12. The number of aromatic amines is 1. The molecule has 1 amide bonds. The second-order valence-corrected chi connectivity index (χ2v) is 4.76. The predicted molar refractivity (Wildman–Crippen MR) is 68.8 cm³/mol. The number of H-pyrrole nitrogens is 1. The Morgan fingerprint density at radius 3 is 2.79 bits per heavy atom. The van der Waals surface area contributed by atoms with E-state index >= 15 is 0 Å². The lowest BCUT2D eigenvalue weighted by Gasteiger charge is -2.05. The molecule has 0 unspecified atom stereocenters. The van der Waals surface area contributed by atoms with Crippen molar-refractivity contribution in [3.63, 3.8) is 0 Å². The number of carboxylic acid groups (broad SMARTS) is 1. The Morgan fingerprint density at radius 1 is 1.47 bits per heavy atom. The van der Waals surface area contributed by atoms with Gasteiger partial charge in [0.1, 0.15) is 22.7 Å². The van der Waals surface area contributed by atoms with Gasteiger partial charge in [-0.15, -0.1) is 11.3 Å². The largest absolute Gasteiger partial charge is 0.506 e. The highest BCUT2D eigenvalue weighted by atomic mass is 32.1. The molecule has 0 atom stereocenters. The van der Waals surface area contributed by atoms with Gasteiger partial charge < -0.3 is 20.5 Å². The lowest BCUT2D eigenvalue weighted by molar-refractivity contribution is -0.135. The van der Waals surface area contributed by atoms with E-state index in [0.29, 0.717) is 10.2 Å². The van der Waals surface area contributed by atoms with Gasteiger partial charge in [0.05, 0.1) is 5.39 Å². The van der Waals surface area contributed by atoms with Crippen LogP contribution in [0.5, 0.6) is 5.75 Å². The molecule has 7 nitrogen and oxygen atoms in total. The third-order valence-corrected chi connectivity index (χ3v) is 3.54. The van der Waals surface area contributed by atoms with Crippen molar-refractivity contribution >= 4 is 33.4 Å². The third kappa shape index (κ3) is 2.29. The molecule has 2 aromatic heterocycles. The van der Waals surface area contributed by atoms with Crippen molar-refractivity contribution in [1.82, 2.24) is 10.3 Å². The van der Waals surface area contributed by atoms with Gasteiger partial charge in [0.15, 0.2) is 0 Å². The number of hydrogen-bond acceptors (Lipinski definition) is 5. The van der Waals surface area contributed by atoms with Crippen LogP contribution in [0.15, 0.2) is 10.2 Å². The molecule has 0 saturated carbocycles. The standard InChI is InChI=1S/C11H10N2O5S/c1-4-3-19-11-6(4)8(16)7(10(18)13-11)9(17)12-2-5(14)15/h3H,2H2,1H3,(H,12,17)(H,14,15)(H2,13,16,18). The molecule has 0 aliphatic heterocycles. The zero-order valence-corrected chi connectivity index (χ0v) is 10.6. The van der Waals surface area contributed by atoms with Gasteiger partial charge in [-0.25, -0.2) is 0 Å². The van der Waals surface area contributed by atoms with Gasteiger partial charge >= 0.3 is 5.97 Å². The minimum Gasteiger partial charge on any atom is -0.506 e. The number of nitrogens with one attached hydrogen (secondary N) is 2. The Bertz CT molecular complexity index is 730. The topological polar surface area (TPSA) is 119 Å². The van der Waals surface area contributed by atoms with Crippen LogP contribution >= 0.6 is 11.3 Å². The molecule has 19 heavy (non-hydrogen) atoms. The van der Waals surface area contributed by atoms with Gasteiger partial charge in [0.25, 0.3) is 11.5 Å². The summed E-state index contributed by atoms with van der Waals surface area (Å²) in [7, 11) is 0. The number of hydrogen-bond donors (Lipinski definition) is 4. The molecule has 2 aromatic rings. The fourth-order valence-electron chi connectivity index (χ4n) is 1.68. The summed E-state index contributed by atoms with van der Waals surface area (Å²) in [6, 6.07) is 0. The Balaban J connectivity index is 2.54. The number of carboxylic acids is 1. The highest BCUT2D eigenvalue weighted by Crippen LogP contribution is 2.31. The Morgan fingerprint density at radius 2 is 2.16 bits per heavy atom. The summed E-state index contributed by atoms with van der Waals surface area (Å²) in [5.74, 6) is -2.59. The number of amides is 1. The Hall–Kier alpha value is -2.35. The summed E-state index contributed by atoms with van der Waals surface area (Å²) in [4.78, 5) is 36.8. The number of aliphatic carboxylic acids is 1. The van der Waals surface area contributed by atoms with E-state index in [1.54, 1.807) is 12.3 Å². The van der Waals surface area contributed by atoms with Crippen molar-refractivity contribution in [1.29, 1.82) is 0 Å². The van der Waals surface area contributed by atoms with E-state index in [9.17, 15) is 19.5 Å². The van der Waals surface area contributed by atoms with E-state index in [4.69, 9.17) is 5.11 Å². The molecule has 4 N–H and O–H groups in total. The first-order valence-corrected chi connectivity index (χ1v) is 6.12. The molecule has 0 fully saturated rings. The lowest BCUT2D eigenvalue weighted by Crippen LogP contribution is -2.33. The molecule has 8 heteroatoms. The van der Waals surface area contributed by atoms with Crippen LogP contribution in [0, 0.1) is 6.92 Å². The zero-order chi connectivity index (χ0) is 14.2. The number of fused-ring (bicyclic) bond motifs is 1. The van der Waals surface area contributed by atoms with Crippen molar-refractivity contribution in [2.24, 2.45) is 0 Å². The monoisotopic (exact) mass is 282 g/mol. The van der Waals surface area contributed by atoms with Crippen molar-refractivity contribution in [3.8, 4) is 5.75 Å². The first-order valence-electron chi connectivity index (χ1n) is 5.25. The minimum absolute atomic E-state index is 0.394. The lowest BCUT2D eigenvalue weighted by atomic mass is 10.1. The molecule has 0 bridgehead atoms. The van der Waals surface area contributed by atoms with Gasteiger partial charge in [0.2, 0.25) is 0 Å². The van der Waals surface area contributed by atoms with Crippen LogP contribution in [0.4, 0.5) is 0 Å². The van der Waals surface area contributed by atoms with E-state index in [1.807, 2.05) is 5.32 Å². The first-order chi connectivity index (χ1) is 8.91. The van der Waals surface area contributed by atoms with Crippen LogP contribution in [-0.4, -0.2) is 33.6 Å². The molecule has 0 radical (unpaired) electrons. The zero-order valence-electron chi connectivity index (χ0n) is 9.81. The third-order valence-electron chi connectivity index (χ3n) is 2.53. The van der Waals surface area contributed by atoms with Crippen molar-refractivity contribution in [2.75, 3.05) is 6.54 Å². The molecule has 0 aromatic carbocycles. The smallest absolute Gasteiger partial charge is 0.322 e. The summed E-state index contributed by atoms with van der Waals surface area (Å²) < 4.78 is 0. The maximum Gasteiger partial charge on any atom is 0.322 e. The molecule has 0 spiro atoms. The van der Waals surface area contributed by atoms with E-state index in [-0.39, 0.29) is 0 Å².